The van der Waals surface area contributed by atoms with Crippen molar-refractivity contribution in [3.63, 3.8) is 0 Å². The van der Waals surface area contributed by atoms with Crippen LogP contribution in [-0.2, 0) is 17.8 Å². The normalized spacial score (nSPS) is 12.9. The van der Waals surface area contributed by atoms with Crippen LogP contribution in [0.15, 0.2) is 24.3 Å². The molecule has 0 amide bonds. The molecular formula is C16H25NO2. The second kappa shape index (κ2) is 7.29. The van der Waals surface area contributed by atoms with Crippen LogP contribution in [0.25, 0.3) is 0 Å². The fourth-order valence-electron chi connectivity index (χ4n) is 2.02. The van der Waals surface area contributed by atoms with Gasteiger partial charge in [-0.2, -0.15) is 0 Å². The highest BCUT2D eigenvalue weighted by atomic mass is 16.4. The van der Waals surface area contributed by atoms with E-state index in [0.717, 1.165) is 12.1 Å². The lowest BCUT2D eigenvalue weighted by Gasteiger charge is -2.21. The van der Waals surface area contributed by atoms with Gasteiger partial charge in [0, 0.05) is 12.6 Å². The van der Waals surface area contributed by atoms with Gasteiger partial charge in [-0.1, -0.05) is 31.2 Å². The van der Waals surface area contributed by atoms with E-state index in [1.807, 2.05) is 19.1 Å². The predicted octanol–water partition coefficient (Wildman–Crippen LogP) is 3.18. The lowest BCUT2D eigenvalue weighted by Crippen LogP contribution is -2.25. The number of aliphatic carboxylic acids is 1. The number of rotatable bonds is 7. The Morgan fingerprint density at radius 2 is 1.95 bits per heavy atom. The molecule has 1 rings (SSSR count). The van der Waals surface area contributed by atoms with E-state index in [0.29, 0.717) is 18.9 Å². The van der Waals surface area contributed by atoms with Crippen LogP contribution in [0.3, 0.4) is 0 Å². The largest absolute Gasteiger partial charge is 0.481 e. The first kappa shape index (κ1) is 15.7. The number of benzene rings is 1. The number of hydrogen-bond acceptors (Lipinski definition) is 2. The van der Waals surface area contributed by atoms with Gasteiger partial charge in [-0.3, -0.25) is 9.69 Å². The van der Waals surface area contributed by atoms with Crippen LogP contribution in [-0.4, -0.2) is 29.1 Å². The van der Waals surface area contributed by atoms with Gasteiger partial charge in [-0.05, 0) is 44.9 Å². The predicted molar refractivity (Wildman–Crippen MR) is 78.2 cm³/mol. The van der Waals surface area contributed by atoms with Crippen molar-refractivity contribution in [2.75, 3.05) is 7.05 Å². The lowest BCUT2D eigenvalue weighted by atomic mass is 9.96. The van der Waals surface area contributed by atoms with Gasteiger partial charge in [0.1, 0.15) is 0 Å². The Balaban J connectivity index is 2.74. The molecule has 3 nitrogen and oxygen atoms in total. The maximum absolute atomic E-state index is 11.1. The van der Waals surface area contributed by atoms with Crippen molar-refractivity contribution in [2.45, 2.75) is 46.2 Å². The molecule has 0 saturated heterocycles. The summed E-state index contributed by atoms with van der Waals surface area (Å²) < 4.78 is 0. The molecule has 1 N–H and O–H groups in total. The summed E-state index contributed by atoms with van der Waals surface area (Å²) in [6.07, 6.45) is 1.29. The summed E-state index contributed by atoms with van der Waals surface area (Å²) >= 11 is 0. The fraction of sp³-hybridized carbons (Fsp3) is 0.562. The van der Waals surface area contributed by atoms with Crippen molar-refractivity contribution in [1.29, 1.82) is 0 Å². The minimum atomic E-state index is -0.702. The average molecular weight is 263 g/mol. The smallest absolute Gasteiger partial charge is 0.306 e. The molecule has 3 heteroatoms. The summed E-state index contributed by atoms with van der Waals surface area (Å²) in [6.45, 7) is 7.16. The number of carboxylic acid groups (broad SMARTS) is 1. The van der Waals surface area contributed by atoms with Crippen LogP contribution >= 0.6 is 0 Å². The first-order valence-electron chi connectivity index (χ1n) is 6.94. The second-order valence-corrected chi connectivity index (χ2v) is 5.48. The first-order chi connectivity index (χ1) is 8.93. The van der Waals surface area contributed by atoms with Gasteiger partial charge in [0.15, 0.2) is 0 Å². The molecule has 1 aromatic rings. The molecule has 0 bridgehead atoms. The summed E-state index contributed by atoms with van der Waals surface area (Å²) in [5.74, 6) is -0.981. The molecule has 0 aliphatic heterocycles. The molecular weight excluding hydrogens is 238 g/mol. The van der Waals surface area contributed by atoms with Crippen molar-refractivity contribution >= 4 is 5.97 Å². The summed E-state index contributed by atoms with van der Waals surface area (Å²) in [5.41, 5.74) is 2.36. The minimum Gasteiger partial charge on any atom is -0.481 e. The molecule has 0 spiro atoms. The Morgan fingerprint density at radius 3 is 2.47 bits per heavy atom. The maximum Gasteiger partial charge on any atom is 0.306 e. The quantitative estimate of drug-likeness (QED) is 0.821. The molecule has 106 valence electrons. The Bertz CT molecular complexity index is 415. The second-order valence-electron chi connectivity index (χ2n) is 5.48. The SMILES string of the molecule is CCC(Cc1cccc(CN(C)C(C)C)c1)C(=O)O. The van der Waals surface area contributed by atoms with E-state index in [-0.39, 0.29) is 5.92 Å². The molecule has 0 aromatic heterocycles. The van der Waals surface area contributed by atoms with Crippen LogP contribution in [0.5, 0.6) is 0 Å². The zero-order valence-corrected chi connectivity index (χ0v) is 12.4. The Labute approximate surface area is 116 Å². The van der Waals surface area contributed by atoms with Crippen molar-refractivity contribution in [3.05, 3.63) is 35.4 Å². The highest BCUT2D eigenvalue weighted by Crippen LogP contribution is 2.15. The molecule has 0 radical (unpaired) electrons. The van der Waals surface area contributed by atoms with Gasteiger partial charge in [0.2, 0.25) is 0 Å². The Hall–Kier alpha value is -1.35. The summed E-state index contributed by atoms with van der Waals surface area (Å²) in [4.78, 5) is 13.4. The van der Waals surface area contributed by atoms with Gasteiger partial charge in [-0.15, -0.1) is 0 Å². The zero-order chi connectivity index (χ0) is 14.4. The number of carbonyl (C=O) groups is 1. The molecule has 19 heavy (non-hydrogen) atoms. The van der Waals surface area contributed by atoms with E-state index in [1.165, 1.54) is 5.56 Å². The third-order valence-electron chi connectivity index (χ3n) is 3.63. The van der Waals surface area contributed by atoms with Gasteiger partial charge in [-0.25, -0.2) is 0 Å². The van der Waals surface area contributed by atoms with Crippen LogP contribution in [0.1, 0.15) is 38.3 Å². The highest BCUT2D eigenvalue weighted by molar-refractivity contribution is 5.70. The van der Waals surface area contributed by atoms with E-state index >= 15 is 0 Å². The Kier molecular flexibility index (Phi) is 6.03. The summed E-state index contributed by atoms with van der Waals surface area (Å²) in [6, 6.07) is 8.78. The van der Waals surface area contributed by atoms with Crippen LogP contribution in [0.4, 0.5) is 0 Å². The van der Waals surface area contributed by atoms with Crippen molar-refractivity contribution < 1.29 is 9.90 Å². The molecule has 0 aliphatic rings. The molecule has 1 aromatic carbocycles. The first-order valence-corrected chi connectivity index (χ1v) is 6.94. The monoisotopic (exact) mass is 263 g/mol. The number of carboxylic acids is 1. The average Bonchev–Trinajstić information content (AvgIpc) is 2.35. The third kappa shape index (κ3) is 5.03. The molecule has 0 saturated carbocycles. The molecule has 1 unspecified atom stereocenters. The minimum absolute atomic E-state index is 0.280. The zero-order valence-electron chi connectivity index (χ0n) is 12.4. The maximum atomic E-state index is 11.1. The van der Waals surface area contributed by atoms with Crippen molar-refractivity contribution in [3.8, 4) is 0 Å². The topological polar surface area (TPSA) is 40.5 Å². The van der Waals surface area contributed by atoms with E-state index in [2.05, 4.69) is 37.9 Å². The van der Waals surface area contributed by atoms with Crippen molar-refractivity contribution in [1.82, 2.24) is 4.90 Å². The van der Waals surface area contributed by atoms with Gasteiger partial charge in [0.25, 0.3) is 0 Å². The van der Waals surface area contributed by atoms with E-state index in [9.17, 15) is 4.79 Å². The molecule has 0 fully saturated rings. The van der Waals surface area contributed by atoms with Gasteiger partial charge in [0.05, 0.1) is 5.92 Å². The third-order valence-corrected chi connectivity index (χ3v) is 3.63. The van der Waals surface area contributed by atoms with E-state index in [4.69, 9.17) is 5.11 Å². The van der Waals surface area contributed by atoms with Crippen LogP contribution in [0.2, 0.25) is 0 Å². The van der Waals surface area contributed by atoms with Gasteiger partial charge >= 0.3 is 5.97 Å². The van der Waals surface area contributed by atoms with E-state index in [1.54, 1.807) is 0 Å². The van der Waals surface area contributed by atoms with Crippen molar-refractivity contribution in [2.24, 2.45) is 5.92 Å². The molecule has 0 aliphatic carbocycles. The number of nitrogens with zero attached hydrogens (tertiary/aromatic N) is 1. The summed E-state index contributed by atoms with van der Waals surface area (Å²) in [7, 11) is 2.10. The van der Waals surface area contributed by atoms with Crippen LogP contribution < -0.4 is 0 Å². The standard InChI is InChI=1S/C16H25NO2/c1-5-15(16(18)19)10-13-7-6-8-14(9-13)11-17(4)12(2)3/h6-9,12,15H,5,10-11H2,1-4H3,(H,18,19). The van der Waals surface area contributed by atoms with E-state index < -0.39 is 5.97 Å². The van der Waals surface area contributed by atoms with Gasteiger partial charge < -0.3 is 5.11 Å². The highest BCUT2D eigenvalue weighted by Gasteiger charge is 2.15. The number of hydrogen-bond donors (Lipinski definition) is 1. The summed E-state index contributed by atoms with van der Waals surface area (Å²) in [5, 5.41) is 9.11. The molecule has 0 heterocycles. The van der Waals surface area contributed by atoms with Crippen LogP contribution in [0, 0.1) is 5.92 Å². The lowest BCUT2D eigenvalue weighted by molar-refractivity contribution is -0.141. The molecule has 1 atom stereocenters. The Morgan fingerprint density at radius 1 is 1.32 bits per heavy atom. The fourth-order valence-corrected chi connectivity index (χ4v) is 2.02.